The molecule has 100 valence electrons. The van der Waals surface area contributed by atoms with Crippen LogP contribution in [0, 0.1) is 6.92 Å². The number of anilines is 2. The lowest BCUT2D eigenvalue weighted by atomic mass is 10.1. The summed E-state index contributed by atoms with van der Waals surface area (Å²) in [6.07, 6.45) is 0. The Morgan fingerprint density at radius 3 is 2.21 bits per heavy atom. The van der Waals surface area contributed by atoms with Gasteiger partial charge in [0, 0.05) is 24.0 Å². The molecule has 2 aromatic rings. The number of hydrogen-bond donors (Lipinski definition) is 1. The Kier molecular flexibility index (Phi) is 4.23. The van der Waals surface area contributed by atoms with Crippen molar-refractivity contribution in [3.8, 4) is 0 Å². The highest BCUT2D eigenvalue weighted by atomic mass is 15.1. The van der Waals surface area contributed by atoms with Crippen LogP contribution in [0.2, 0.25) is 0 Å². The zero-order valence-corrected chi connectivity index (χ0v) is 11.9. The zero-order valence-electron chi connectivity index (χ0n) is 11.9. The Morgan fingerprint density at radius 2 is 1.68 bits per heavy atom. The third-order valence-electron chi connectivity index (χ3n) is 3.45. The molecule has 0 amide bonds. The van der Waals surface area contributed by atoms with E-state index in [0.717, 1.165) is 6.54 Å². The molecule has 0 saturated heterocycles. The van der Waals surface area contributed by atoms with Crippen molar-refractivity contribution in [2.45, 2.75) is 26.8 Å². The molecule has 2 heteroatoms. The number of nitrogens with two attached hydrogens (primary N) is 1. The second kappa shape index (κ2) is 5.89. The Balaban J connectivity index is 2.35. The molecular weight excluding hydrogens is 232 g/mol. The van der Waals surface area contributed by atoms with Crippen molar-refractivity contribution in [1.29, 1.82) is 0 Å². The molecule has 0 aromatic heterocycles. The minimum atomic E-state index is 0.0857. The number of para-hydroxylation sites is 1. The molecule has 0 aliphatic rings. The molecule has 1 unspecified atom stereocenters. The summed E-state index contributed by atoms with van der Waals surface area (Å²) in [5.74, 6) is 0. The van der Waals surface area contributed by atoms with E-state index >= 15 is 0 Å². The molecule has 0 aliphatic heterocycles. The number of hydrogen-bond acceptors (Lipinski definition) is 2. The van der Waals surface area contributed by atoms with Crippen molar-refractivity contribution in [2.24, 2.45) is 5.73 Å². The summed E-state index contributed by atoms with van der Waals surface area (Å²) in [4.78, 5) is 2.32. The van der Waals surface area contributed by atoms with Gasteiger partial charge in [-0.05, 0) is 50.1 Å². The zero-order chi connectivity index (χ0) is 13.8. The molecule has 0 aliphatic carbocycles. The molecule has 0 radical (unpaired) electrons. The van der Waals surface area contributed by atoms with Crippen molar-refractivity contribution < 1.29 is 0 Å². The predicted octanol–water partition coefficient (Wildman–Crippen LogP) is 4.17. The van der Waals surface area contributed by atoms with Crippen molar-refractivity contribution in [1.82, 2.24) is 0 Å². The minimum absolute atomic E-state index is 0.0857. The Bertz CT molecular complexity index is 529. The molecule has 0 bridgehead atoms. The normalized spacial score (nSPS) is 12.2. The van der Waals surface area contributed by atoms with Crippen molar-refractivity contribution >= 4 is 11.4 Å². The average molecular weight is 254 g/mol. The second-order valence-electron chi connectivity index (χ2n) is 4.91. The summed E-state index contributed by atoms with van der Waals surface area (Å²) in [5, 5.41) is 0. The van der Waals surface area contributed by atoms with E-state index < -0.39 is 0 Å². The van der Waals surface area contributed by atoms with E-state index in [2.05, 4.69) is 67.3 Å². The number of benzene rings is 2. The molecular formula is C17H22N2. The maximum atomic E-state index is 5.89. The van der Waals surface area contributed by atoms with Crippen LogP contribution in [0.25, 0.3) is 0 Å². The molecule has 2 rings (SSSR count). The van der Waals surface area contributed by atoms with Gasteiger partial charge in [-0.1, -0.05) is 30.3 Å². The first-order valence-electron chi connectivity index (χ1n) is 6.82. The fraction of sp³-hybridized carbons (Fsp3) is 0.294. The van der Waals surface area contributed by atoms with Gasteiger partial charge in [-0.3, -0.25) is 0 Å². The van der Waals surface area contributed by atoms with Crippen LogP contribution in [0.15, 0.2) is 48.5 Å². The van der Waals surface area contributed by atoms with Gasteiger partial charge < -0.3 is 10.6 Å². The van der Waals surface area contributed by atoms with Gasteiger partial charge in [-0.15, -0.1) is 0 Å². The van der Waals surface area contributed by atoms with Gasteiger partial charge in [0.25, 0.3) is 0 Å². The molecule has 2 N–H and O–H groups in total. The average Bonchev–Trinajstić information content (AvgIpc) is 2.42. The van der Waals surface area contributed by atoms with Crippen molar-refractivity contribution in [3.05, 3.63) is 59.7 Å². The van der Waals surface area contributed by atoms with E-state index in [9.17, 15) is 0 Å². The summed E-state index contributed by atoms with van der Waals surface area (Å²) >= 11 is 0. The third kappa shape index (κ3) is 2.96. The van der Waals surface area contributed by atoms with Crippen LogP contribution in [-0.4, -0.2) is 6.54 Å². The van der Waals surface area contributed by atoms with Crippen LogP contribution in [-0.2, 0) is 0 Å². The largest absolute Gasteiger partial charge is 0.342 e. The fourth-order valence-corrected chi connectivity index (χ4v) is 2.32. The Morgan fingerprint density at radius 1 is 1.05 bits per heavy atom. The van der Waals surface area contributed by atoms with E-state index in [1.807, 2.05) is 6.92 Å². The van der Waals surface area contributed by atoms with Crippen LogP contribution >= 0.6 is 0 Å². The Hall–Kier alpha value is -1.80. The van der Waals surface area contributed by atoms with Crippen LogP contribution in [0.1, 0.15) is 31.0 Å². The van der Waals surface area contributed by atoms with E-state index in [1.54, 1.807) is 0 Å². The summed E-state index contributed by atoms with van der Waals surface area (Å²) in [6.45, 7) is 7.27. The first-order valence-corrected chi connectivity index (χ1v) is 6.82. The molecule has 0 heterocycles. The second-order valence-corrected chi connectivity index (χ2v) is 4.91. The highest BCUT2D eigenvalue weighted by molar-refractivity contribution is 5.66. The lowest BCUT2D eigenvalue weighted by molar-refractivity contribution is 0.818. The summed E-state index contributed by atoms with van der Waals surface area (Å²) in [7, 11) is 0. The van der Waals surface area contributed by atoms with E-state index in [-0.39, 0.29) is 6.04 Å². The minimum Gasteiger partial charge on any atom is -0.342 e. The smallest absolute Gasteiger partial charge is 0.0440 e. The van der Waals surface area contributed by atoms with E-state index in [1.165, 1.54) is 22.5 Å². The van der Waals surface area contributed by atoms with E-state index in [0.29, 0.717) is 0 Å². The third-order valence-corrected chi connectivity index (χ3v) is 3.45. The van der Waals surface area contributed by atoms with Gasteiger partial charge in [0.15, 0.2) is 0 Å². The molecule has 2 aromatic carbocycles. The highest BCUT2D eigenvalue weighted by Gasteiger charge is 2.09. The van der Waals surface area contributed by atoms with Crippen molar-refractivity contribution in [2.75, 3.05) is 11.4 Å². The van der Waals surface area contributed by atoms with Gasteiger partial charge >= 0.3 is 0 Å². The van der Waals surface area contributed by atoms with Crippen LogP contribution in [0.5, 0.6) is 0 Å². The predicted molar refractivity (Wildman–Crippen MR) is 82.9 cm³/mol. The SMILES string of the molecule is CCN(c1ccc(C(C)N)cc1)c1ccccc1C. The van der Waals surface area contributed by atoms with Gasteiger partial charge in [-0.25, -0.2) is 0 Å². The molecule has 1 atom stereocenters. The quantitative estimate of drug-likeness (QED) is 0.887. The van der Waals surface area contributed by atoms with Gasteiger partial charge in [-0.2, -0.15) is 0 Å². The van der Waals surface area contributed by atoms with E-state index in [4.69, 9.17) is 5.73 Å². The first kappa shape index (κ1) is 13.6. The number of rotatable bonds is 4. The van der Waals surface area contributed by atoms with Gasteiger partial charge in [0.05, 0.1) is 0 Å². The molecule has 0 fully saturated rings. The fourth-order valence-electron chi connectivity index (χ4n) is 2.32. The lowest BCUT2D eigenvalue weighted by Gasteiger charge is -2.25. The highest BCUT2D eigenvalue weighted by Crippen LogP contribution is 2.28. The molecule has 19 heavy (non-hydrogen) atoms. The number of nitrogens with zero attached hydrogens (tertiary/aromatic N) is 1. The Labute approximate surface area is 115 Å². The van der Waals surface area contributed by atoms with Gasteiger partial charge in [0.1, 0.15) is 0 Å². The molecule has 0 saturated carbocycles. The maximum Gasteiger partial charge on any atom is 0.0440 e. The monoisotopic (exact) mass is 254 g/mol. The van der Waals surface area contributed by atoms with Crippen molar-refractivity contribution in [3.63, 3.8) is 0 Å². The maximum absolute atomic E-state index is 5.89. The van der Waals surface area contributed by atoms with Gasteiger partial charge in [0.2, 0.25) is 0 Å². The summed E-state index contributed by atoms with van der Waals surface area (Å²) < 4.78 is 0. The standard InChI is InChI=1S/C17H22N2/c1-4-19(17-8-6-5-7-13(17)2)16-11-9-15(10-12-16)14(3)18/h5-12,14H,4,18H2,1-3H3. The summed E-state index contributed by atoms with van der Waals surface area (Å²) in [6, 6.07) is 17.1. The van der Waals surface area contributed by atoms with Crippen LogP contribution < -0.4 is 10.6 Å². The van der Waals surface area contributed by atoms with Crippen LogP contribution in [0.4, 0.5) is 11.4 Å². The van der Waals surface area contributed by atoms with Crippen LogP contribution in [0.3, 0.4) is 0 Å². The lowest BCUT2D eigenvalue weighted by Crippen LogP contribution is -2.17. The first-order chi connectivity index (χ1) is 9.13. The summed E-state index contributed by atoms with van der Waals surface area (Å²) in [5.41, 5.74) is 10.8. The topological polar surface area (TPSA) is 29.3 Å². The number of aryl methyl sites for hydroxylation is 1. The molecule has 2 nitrogen and oxygen atoms in total. The molecule has 0 spiro atoms.